The fourth-order valence-electron chi connectivity index (χ4n) is 4.03. The van der Waals surface area contributed by atoms with Crippen molar-refractivity contribution in [3.8, 4) is 5.75 Å². The van der Waals surface area contributed by atoms with Crippen LogP contribution in [0, 0.1) is 5.92 Å². The summed E-state index contributed by atoms with van der Waals surface area (Å²) in [5, 5.41) is 1.33. The minimum atomic E-state index is -0.436. The molecule has 0 spiro atoms. The summed E-state index contributed by atoms with van der Waals surface area (Å²) in [6, 6.07) is 14.0. The van der Waals surface area contributed by atoms with Gasteiger partial charge in [-0.3, -0.25) is 4.79 Å². The lowest BCUT2D eigenvalue weighted by Gasteiger charge is -2.27. The average molecular weight is 467 g/mol. The van der Waals surface area contributed by atoms with Crippen molar-refractivity contribution in [3.63, 3.8) is 0 Å². The summed E-state index contributed by atoms with van der Waals surface area (Å²) >= 11 is 0. The predicted molar refractivity (Wildman–Crippen MR) is 126 cm³/mol. The number of ether oxygens (including phenoxy) is 4. The van der Waals surface area contributed by atoms with Crippen molar-refractivity contribution in [2.45, 2.75) is 45.6 Å². The van der Waals surface area contributed by atoms with Gasteiger partial charge < -0.3 is 18.9 Å². The van der Waals surface area contributed by atoms with E-state index in [1.54, 1.807) is 57.4 Å². The van der Waals surface area contributed by atoms with Crippen molar-refractivity contribution >= 4 is 29.2 Å². The van der Waals surface area contributed by atoms with Crippen LogP contribution in [0.3, 0.4) is 0 Å². The molecule has 7 heteroatoms. The molecule has 0 saturated heterocycles. The van der Waals surface area contributed by atoms with Crippen LogP contribution in [0.1, 0.15) is 49.9 Å². The van der Waals surface area contributed by atoms with Crippen LogP contribution in [-0.2, 0) is 23.8 Å². The second-order valence-electron chi connectivity index (χ2n) is 8.25. The maximum atomic E-state index is 12.8. The lowest BCUT2D eigenvalue weighted by Crippen LogP contribution is -2.33. The summed E-state index contributed by atoms with van der Waals surface area (Å²) < 4.78 is 21.2. The number of benzene rings is 2. The standard InChI is InChI=1S/C27H30O7/c1-17(25(28)32-4)23-7-5-6-8-24(23)18(2)33-26(29)19-11-15-22(16-12-19)34-27(30)20-9-13-21(31-3)14-10-20/h5-10,13-14,19,22H,11-12,15-16H2,1-4H3/b23-17+,24-18+. The SMILES string of the molecule is COC(=O)/C(C)=c1\cccc\c1=C(\C)OC(=O)C1CCC(OC(=O)c2ccc(OC)cc2)CC1. The molecule has 1 aliphatic carbocycles. The molecule has 1 aliphatic rings. The molecule has 0 atom stereocenters. The minimum Gasteiger partial charge on any atom is -0.497 e. The molecule has 34 heavy (non-hydrogen) atoms. The number of carbonyl (C=O) groups excluding carboxylic acids is 3. The zero-order chi connectivity index (χ0) is 24.7. The monoisotopic (exact) mass is 466 g/mol. The Morgan fingerprint density at radius 2 is 1.44 bits per heavy atom. The Hall–Kier alpha value is -3.61. The topological polar surface area (TPSA) is 88.1 Å². The van der Waals surface area contributed by atoms with Crippen LogP contribution in [0.5, 0.6) is 5.75 Å². The molecular formula is C27H30O7. The van der Waals surface area contributed by atoms with E-state index in [1.165, 1.54) is 7.11 Å². The second-order valence-corrected chi connectivity index (χ2v) is 8.25. The zero-order valence-corrected chi connectivity index (χ0v) is 20.0. The Balaban J connectivity index is 1.62. The fourth-order valence-corrected chi connectivity index (χ4v) is 4.03. The molecule has 0 aromatic heterocycles. The fraction of sp³-hybridized carbons (Fsp3) is 0.370. The van der Waals surface area contributed by atoms with Crippen molar-refractivity contribution in [1.29, 1.82) is 0 Å². The van der Waals surface area contributed by atoms with E-state index in [0.29, 0.717) is 58.8 Å². The molecule has 7 nitrogen and oxygen atoms in total. The van der Waals surface area contributed by atoms with Crippen molar-refractivity contribution in [2.24, 2.45) is 5.92 Å². The molecule has 2 aromatic carbocycles. The van der Waals surface area contributed by atoms with Crippen LogP contribution in [0.2, 0.25) is 0 Å². The molecule has 0 amide bonds. The Labute approximate surface area is 199 Å². The zero-order valence-electron chi connectivity index (χ0n) is 20.0. The van der Waals surface area contributed by atoms with Crippen molar-refractivity contribution in [1.82, 2.24) is 0 Å². The van der Waals surface area contributed by atoms with E-state index in [9.17, 15) is 14.4 Å². The van der Waals surface area contributed by atoms with Crippen molar-refractivity contribution in [2.75, 3.05) is 14.2 Å². The Kier molecular flexibility index (Phi) is 8.46. The van der Waals surface area contributed by atoms with Gasteiger partial charge in [0.1, 0.15) is 17.6 Å². The van der Waals surface area contributed by atoms with Gasteiger partial charge in [0.2, 0.25) is 0 Å². The van der Waals surface area contributed by atoms with Gasteiger partial charge in [0.15, 0.2) is 0 Å². The van der Waals surface area contributed by atoms with Crippen LogP contribution in [-0.4, -0.2) is 38.2 Å². The van der Waals surface area contributed by atoms with Gasteiger partial charge in [0.25, 0.3) is 0 Å². The molecule has 0 radical (unpaired) electrons. The molecule has 0 N–H and O–H groups in total. The Morgan fingerprint density at radius 1 is 0.824 bits per heavy atom. The van der Waals surface area contributed by atoms with Gasteiger partial charge in [-0.05, 0) is 69.0 Å². The normalized spacial score (nSPS) is 19.4. The first-order valence-corrected chi connectivity index (χ1v) is 11.3. The van der Waals surface area contributed by atoms with Gasteiger partial charge >= 0.3 is 17.9 Å². The number of hydrogen-bond donors (Lipinski definition) is 0. The lowest BCUT2D eigenvalue weighted by molar-refractivity contribution is -0.143. The van der Waals surface area contributed by atoms with Crippen molar-refractivity contribution < 1.29 is 33.3 Å². The lowest BCUT2D eigenvalue weighted by atomic mass is 9.87. The summed E-state index contributed by atoms with van der Waals surface area (Å²) in [5.74, 6) is -0.312. The van der Waals surface area contributed by atoms with Gasteiger partial charge in [-0.1, -0.05) is 24.3 Å². The van der Waals surface area contributed by atoms with E-state index >= 15 is 0 Å². The van der Waals surface area contributed by atoms with E-state index in [-0.39, 0.29) is 24.0 Å². The summed E-state index contributed by atoms with van der Waals surface area (Å²) in [7, 11) is 2.90. The molecule has 0 unspecified atom stereocenters. The van der Waals surface area contributed by atoms with Gasteiger partial charge in [0, 0.05) is 10.8 Å². The van der Waals surface area contributed by atoms with E-state index in [1.807, 2.05) is 12.1 Å². The maximum absolute atomic E-state index is 12.8. The number of rotatable bonds is 6. The minimum absolute atomic E-state index is 0.234. The molecule has 180 valence electrons. The Bertz CT molecular complexity index is 1160. The third kappa shape index (κ3) is 6.04. The van der Waals surface area contributed by atoms with Crippen LogP contribution in [0.4, 0.5) is 0 Å². The number of carbonyl (C=O) groups is 3. The number of methoxy groups -OCH3 is 2. The summed E-state index contributed by atoms with van der Waals surface area (Å²) in [6.07, 6.45) is 2.09. The van der Waals surface area contributed by atoms with Gasteiger partial charge in [-0.25, -0.2) is 9.59 Å². The largest absolute Gasteiger partial charge is 0.497 e. The molecule has 3 rings (SSSR count). The first-order valence-electron chi connectivity index (χ1n) is 11.3. The highest BCUT2D eigenvalue weighted by Crippen LogP contribution is 2.28. The first kappa shape index (κ1) is 25.0. The van der Waals surface area contributed by atoms with Gasteiger partial charge in [-0.15, -0.1) is 0 Å². The predicted octanol–water partition coefficient (Wildman–Crippen LogP) is 3.13. The molecule has 1 fully saturated rings. The highest BCUT2D eigenvalue weighted by Gasteiger charge is 2.30. The molecule has 1 saturated carbocycles. The molecule has 0 aliphatic heterocycles. The Morgan fingerprint density at radius 3 is 2.03 bits per heavy atom. The first-order chi connectivity index (χ1) is 16.3. The van der Waals surface area contributed by atoms with E-state index in [4.69, 9.17) is 18.9 Å². The summed E-state index contributed by atoms with van der Waals surface area (Å²) in [5.41, 5.74) is 0.901. The van der Waals surface area contributed by atoms with Gasteiger partial charge in [0.05, 0.1) is 25.7 Å². The highest BCUT2D eigenvalue weighted by atomic mass is 16.5. The quantitative estimate of drug-likeness (QED) is 0.477. The molecule has 0 heterocycles. The molecule has 0 bridgehead atoms. The van der Waals surface area contributed by atoms with E-state index in [2.05, 4.69) is 0 Å². The van der Waals surface area contributed by atoms with E-state index < -0.39 is 5.97 Å². The van der Waals surface area contributed by atoms with Gasteiger partial charge in [-0.2, -0.15) is 0 Å². The van der Waals surface area contributed by atoms with Crippen LogP contribution in [0.25, 0.3) is 11.3 Å². The molecular weight excluding hydrogens is 436 g/mol. The van der Waals surface area contributed by atoms with Crippen LogP contribution < -0.4 is 15.2 Å². The summed E-state index contributed by atoms with van der Waals surface area (Å²) in [6.45, 7) is 3.39. The number of esters is 3. The maximum Gasteiger partial charge on any atom is 0.338 e. The summed E-state index contributed by atoms with van der Waals surface area (Å²) in [4.78, 5) is 37.2. The van der Waals surface area contributed by atoms with E-state index in [0.717, 1.165) is 0 Å². The number of hydrogen-bond acceptors (Lipinski definition) is 7. The second kappa shape index (κ2) is 11.5. The molecule has 2 aromatic rings. The van der Waals surface area contributed by atoms with Crippen LogP contribution in [0.15, 0.2) is 48.5 Å². The third-order valence-corrected chi connectivity index (χ3v) is 6.06. The smallest absolute Gasteiger partial charge is 0.338 e. The third-order valence-electron chi connectivity index (χ3n) is 6.06. The average Bonchev–Trinajstić information content (AvgIpc) is 2.88. The van der Waals surface area contributed by atoms with Crippen molar-refractivity contribution in [3.05, 3.63) is 64.5 Å². The van der Waals surface area contributed by atoms with Crippen LogP contribution >= 0.6 is 0 Å². The highest BCUT2D eigenvalue weighted by molar-refractivity contribution is 6.08.